The van der Waals surface area contributed by atoms with Crippen molar-refractivity contribution in [2.45, 2.75) is 6.92 Å². The number of rotatable bonds is 7. The fourth-order valence-electron chi connectivity index (χ4n) is 2.78. The molecule has 8 heteroatoms. The first kappa shape index (κ1) is 19.2. The zero-order valence-corrected chi connectivity index (χ0v) is 16.1. The summed E-state index contributed by atoms with van der Waals surface area (Å²) in [5.74, 6) is 1.80. The van der Waals surface area contributed by atoms with Crippen LogP contribution < -0.4 is 19.5 Å². The first-order valence-corrected chi connectivity index (χ1v) is 8.64. The molecule has 1 heterocycles. The average Bonchev–Trinajstić information content (AvgIpc) is 3.22. The summed E-state index contributed by atoms with van der Waals surface area (Å²) >= 11 is 0. The van der Waals surface area contributed by atoms with Crippen LogP contribution in [0.4, 0.5) is 0 Å². The van der Waals surface area contributed by atoms with Gasteiger partial charge in [-0.2, -0.15) is 4.98 Å². The predicted octanol–water partition coefficient (Wildman–Crippen LogP) is 3.18. The molecule has 2 aromatic carbocycles. The molecule has 1 N–H and O–H groups in total. The topological polar surface area (TPSA) is 95.7 Å². The maximum atomic E-state index is 12.3. The number of carbonyl (C=O) groups excluding carboxylic acids is 1. The van der Waals surface area contributed by atoms with Gasteiger partial charge < -0.3 is 24.1 Å². The minimum atomic E-state index is -0.203. The van der Waals surface area contributed by atoms with E-state index in [-0.39, 0.29) is 11.8 Å². The van der Waals surface area contributed by atoms with Crippen molar-refractivity contribution in [3.05, 3.63) is 42.0 Å². The van der Waals surface area contributed by atoms with Crippen LogP contribution in [0.1, 0.15) is 17.3 Å². The van der Waals surface area contributed by atoms with E-state index in [9.17, 15) is 4.79 Å². The molecule has 1 amide bonds. The molecule has 0 saturated heterocycles. The number of ether oxygens (including phenoxy) is 3. The van der Waals surface area contributed by atoms with Gasteiger partial charge in [-0.05, 0) is 31.2 Å². The maximum Gasteiger partial charge on any atom is 0.259 e. The van der Waals surface area contributed by atoms with E-state index >= 15 is 0 Å². The highest BCUT2D eigenvalue weighted by Gasteiger charge is 2.20. The van der Waals surface area contributed by atoms with Gasteiger partial charge in [-0.25, -0.2) is 0 Å². The highest BCUT2D eigenvalue weighted by atomic mass is 16.5. The van der Waals surface area contributed by atoms with Crippen molar-refractivity contribution in [3.8, 4) is 40.1 Å². The average molecular weight is 383 g/mol. The first-order valence-electron chi connectivity index (χ1n) is 8.64. The van der Waals surface area contributed by atoms with Crippen molar-refractivity contribution in [1.29, 1.82) is 0 Å². The van der Waals surface area contributed by atoms with Crippen LogP contribution in [0.2, 0.25) is 0 Å². The maximum absolute atomic E-state index is 12.3. The lowest BCUT2D eigenvalue weighted by Crippen LogP contribution is -2.23. The molecule has 0 spiro atoms. The lowest BCUT2D eigenvalue weighted by Gasteiger charge is -2.12. The Hall–Kier alpha value is -3.55. The lowest BCUT2D eigenvalue weighted by atomic mass is 10.1. The van der Waals surface area contributed by atoms with Crippen LogP contribution in [-0.4, -0.2) is 43.9 Å². The zero-order chi connectivity index (χ0) is 20.1. The van der Waals surface area contributed by atoms with Crippen molar-refractivity contribution in [1.82, 2.24) is 15.5 Å². The van der Waals surface area contributed by atoms with E-state index in [1.165, 1.54) is 21.3 Å². The van der Waals surface area contributed by atoms with Gasteiger partial charge in [-0.3, -0.25) is 4.79 Å². The Bertz CT molecular complexity index is 958. The molecule has 0 saturated carbocycles. The second-order valence-electron chi connectivity index (χ2n) is 5.74. The summed E-state index contributed by atoms with van der Waals surface area (Å²) in [4.78, 5) is 16.8. The Morgan fingerprint density at radius 3 is 2.36 bits per heavy atom. The van der Waals surface area contributed by atoms with Crippen LogP contribution in [-0.2, 0) is 0 Å². The number of nitrogens with one attached hydrogen (secondary N) is 1. The highest BCUT2D eigenvalue weighted by molar-refractivity contribution is 6.00. The zero-order valence-electron chi connectivity index (χ0n) is 16.1. The fourth-order valence-corrected chi connectivity index (χ4v) is 2.78. The van der Waals surface area contributed by atoms with Crippen molar-refractivity contribution in [2.75, 3.05) is 27.9 Å². The molecule has 1 aromatic heterocycles. The van der Waals surface area contributed by atoms with Crippen LogP contribution in [0.25, 0.3) is 22.8 Å². The van der Waals surface area contributed by atoms with Crippen LogP contribution in [0, 0.1) is 0 Å². The van der Waals surface area contributed by atoms with E-state index in [0.717, 1.165) is 0 Å². The first-order chi connectivity index (χ1) is 13.6. The SMILES string of the molecule is CCNC(=O)c1ccccc1-c1nc(-c2cc(OC)c(OC)c(OC)c2)no1. The molecule has 28 heavy (non-hydrogen) atoms. The Balaban J connectivity index is 2.04. The van der Waals surface area contributed by atoms with Gasteiger partial charge in [-0.15, -0.1) is 0 Å². The number of carbonyl (C=O) groups is 1. The van der Waals surface area contributed by atoms with Crippen LogP contribution >= 0.6 is 0 Å². The molecule has 0 fully saturated rings. The van der Waals surface area contributed by atoms with Crippen molar-refractivity contribution >= 4 is 5.91 Å². The molecule has 0 radical (unpaired) electrons. The smallest absolute Gasteiger partial charge is 0.259 e. The summed E-state index contributed by atoms with van der Waals surface area (Å²) in [6, 6.07) is 10.5. The molecule has 146 valence electrons. The lowest BCUT2D eigenvalue weighted by molar-refractivity contribution is 0.0956. The second-order valence-corrected chi connectivity index (χ2v) is 5.74. The largest absolute Gasteiger partial charge is 0.493 e. The predicted molar refractivity (Wildman–Crippen MR) is 103 cm³/mol. The van der Waals surface area contributed by atoms with Gasteiger partial charge in [0.25, 0.3) is 11.8 Å². The van der Waals surface area contributed by atoms with Crippen molar-refractivity contribution < 1.29 is 23.5 Å². The molecule has 0 unspecified atom stereocenters. The number of hydrogen-bond donors (Lipinski definition) is 1. The Morgan fingerprint density at radius 2 is 1.75 bits per heavy atom. The Kier molecular flexibility index (Phi) is 5.78. The molecule has 0 aliphatic heterocycles. The van der Waals surface area contributed by atoms with E-state index in [1.54, 1.807) is 36.4 Å². The molecule has 0 atom stereocenters. The van der Waals surface area contributed by atoms with Gasteiger partial charge in [0, 0.05) is 12.1 Å². The number of amides is 1. The number of nitrogens with zero attached hydrogens (tertiary/aromatic N) is 2. The minimum absolute atomic E-state index is 0.203. The van der Waals surface area contributed by atoms with E-state index in [4.69, 9.17) is 18.7 Å². The van der Waals surface area contributed by atoms with Crippen LogP contribution in [0.5, 0.6) is 17.2 Å². The molecule has 8 nitrogen and oxygen atoms in total. The molecule has 0 aliphatic rings. The third-order valence-electron chi connectivity index (χ3n) is 4.09. The number of benzene rings is 2. The number of hydrogen-bond acceptors (Lipinski definition) is 7. The summed E-state index contributed by atoms with van der Waals surface area (Å²) in [7, 11) is 4.60. The molecule has 0 bridgehead atoms. The highest BCUT2D eigenvalue weighted by Crippen LogP contribution is 2.40. The van der Waals surface area contributed by atoms with Gasteiger partial charge in [0.05, 0.1) is 32.5 Å². The molecule has 0 aliphatic carbocycles. The summed E-state index contributed by atoms with van der Waals surface area (Å²) in [6.07, 6.45) is 0. The fraction of sp³-hybridized carbons (Fsp3) is 0.250. The molecule has 3 aromatic rings. The van der Waals surface area contributed by atoms with E-state index in [0.29, 0.717) is 46.3 Å². The molecular formula is C20H21N3O5. The van der Waals surface area contributed by atoms with E-state index in [1.807, 2.05) is 6.92 Å². The van der Waals surface area contributed by atoms with Crippen molar-refractivity contribution in [2.24, 2.45) is 0 Å². The number of aromatic nitrogens is 2. The quantitative estimate of drug-likeness (QED) is 0.669. The van der Waals surface area contributed by atoms with Gasteiger partial charge in [0.1, 0.15) is 0 Å². The Morgan fingerprint density at radius 1 is 1.07 bits per heavy atom. The summed E-state index contributed by atoms with van der Waals surface area (Å²) in [5, 5.41) is 6.82. The van der Waals surface area contributed by atoms with Crippen LogP contribution in [0.3, 0.4) is 0 Å². The van der Waals surface area contributed by atoms with Crippen molar-refractivity contribution in [3.63, 3.8) is 0 Å². The van der Waals surface area contributed by atoms with Gasteiger partial charge in [0.15, 0.2) is 11.5 Å². The summed E-state index contributed by atoms with van der Waals surface area (Å²) < 4.78 is 21.5. The number of methoxy groups -OCH3 is 3. The van der Waals surface area contributed by atoms with Gasteiger partial charge >= 0.3 is 0 Å². The van der Waals surface area contributed by atoms with Gasteiger partial charge in [-0.1, -0.05) is 17.3 Å². The third-order valence-corrected chi connectivity index (χ3v) is 4.09. The molecular weight excluding hydrogens is 362 g/mol. The van der Waals surface area contributed by atoms with E-state index < -0.39 is 0 Å². The third kappa shape index (κ3) is 3.62. The van der Waals surface area contributed by atoms with Gasteiger partial charge in [0.2, 0.25) is 11.6 Å². The van der Waals surface area contributed by atoms with Crippen LogP contribution in [0.15, 0.2) is 40.9 Å². The monoisotopic (exact) mass is 383 g/mol. The van der Waals surface area contributed by atoms with E-state index in [2.05, 4.69) is 15.5 Å². The second kappa shape index (κ2) is 8.43. The Labute approximate surface area is 162 Å². The summed E-state index contributed by atoms with van der Waals surface area (Å²) in [6.45, 7) is 2.38. The standard InChI is InChI=1S/C20H21N3O5/c1-5-21-19(24)13-8-6-7-9-14(13)20-22-18(23-28-20)12-10-15(25-2)17(27-4)16(11-12)26-3/h6-11H,5H2,1-4H3,(H,21,24). The molecule has 3 rings (SSSR count). The normalized spacial score (nSPS) is 10.4. The minimum Gasteiger partial charge on any atom is -0.493 e. The summed E-state index contributed by atoms with van der Waals surface area (Å²) in [5.41, 5.74) is 1.64.